The van der Waals surface area contributed by atoms with Gasteiger partial charge in [0, 0.05) is 24.7 Å². The fourth-order valence-corrected chi connectivity index (χ4v) is 2.57. The van der Waals surface area contributed by atoms with Gasteiger partial charge in [0.2, 0.25) is 10.0 Å². The average molecular weight is 367 g/mol. The molecule has 0 saturated carbocycles. The Bertz CT molecular complexity index is 1080. The zero-order valence-corrected chi connectivity index (χ0v) is 13.5. The second kappa shape index (κ2) is 6.13. The van der Waals surface area contributed by atoms with Crippen LogP contribution in [0.5, 0.6) is 11.5 Å². The number of benzene rings is 1. The maximum Gasteiger partial charge on any atom is 0.267 e. The second-order valence-corrected chi connectivity index (χ2v) is 6.85. The molecule has 2 aromatic heterocycles. The number of hydrogen-bond acceptors (Lipinski definition) is 5. The Morgan fingerprint density at radius 2 is 1.96 bits per heavy atom. The number of imidazole rings is 1. The van der Waals surface area contributed by atoms with Gasteiger partial charge in [-0.25, -0.2) is 26.9 Å². The minimum atomic E-state index is -3.91. The van der Waals surface area contributed by atoms with Gasteiger partial charge in [0.1, 0.15) is 5.82 Å². The van der Waals surface area contributed by atoms with E-state index in [2.05, 4.69) is 4.98 Å². The SMILES string of the molecule is CS(=O)(=O)NC(=O)c1cc(F)c(Oc2cccn3ccnc23)cc1F. The minimum absolute atomic E-state index is 0.180. The number of carbonyl (C=O) groups excluding carboxylic acids is 1. The van der Waals surface area contributed by atoms with Crippen LogP contribution in [0.2, 0.25) is 0 Å². The van der Waals surface area contributed by atoms with Crippen molar-refractivity contribution in [3.63, 3.8) is 0 Å². The predicted molar refractivity (Wildman–Crippen MR) is 83.9 cm³/mol. The number of rotatable bonds is 4. The maximum atomic E-state index is 14.2. The Morgan fingerprint density at radius 3 is 2.68 bits per heavy atom. The molecule has 0 aliphatic heterocycles. The standard InChI is InChI=1S/C15H11F2N3O4S/c1-25(22,23)19-15(21)9-7-11(17)13(8-10(9)16)24-12-3-2-5-20-6-4-18-14(12)20/h2-8H,1H3,(H,19,21). The van der Waals surface area contributed by atoms with Crippen LogP contribution in [0.3, 0.4) is 0 Å². The summed E-state index contributed by atoms with van der Waals surface area (Å²) < 4.78 is 58.9. The van der Waals surface area contributed by atoms with Crippen molar-refractivity contribution < 1.29 is 26.7 Å². The number of hydrogen-bond donors (Lipinski definition) is 1. The molecule has 1 N–H and O–H groups in total. The van der Waals surface area contributed by atoms with Crippen molar-refractivity contribution in [2.75, 3.05) is 6.26 Å². The smallest absolute Gasteiger partial charge is 0.267 e. The molecule has 10 heteroatoms. The van der Waals surface area contributed by atoms with Gasteiger partial charge in [-0.1, -0.05) is 0 Å². The lowest BCUT2D eigenvalue weighted by Gasteiger charge is -2.10. The van der Waals surface area contributed by atoms with Crippen LogP contribution >= 0.6 is 0 Å². The molecule has 25 heavy (non-hydrogen) atoms. The van der Waals surface area contributed by atoms with Crippen molar-refractivity contribution in [2.24, 2.45) is 0 Å². The summed E-state index contributed by atoms with van der Waals surface area (Å²) in [7, 11) is -3.91. The highest BCUT2D eigenvalue weighted by molar-refractivity contribution is 7.89. The van der Waals surface area contributed by atoms with E-state index in [0.29, 0.717) is 17.8 Å². The number of halogens is 2. The highest BCUT2D eigenvalue weighted by Crippen LogP contribution is 2.29. The molecule has 0 bridgehead atoms. The van der Waals surface area contributed by atoms with E-state index >= 15 is 0 Å². The maximum absolute atomic E-state index is 14.2. The molecule has 0 fully saturated rings. The van der Waals surface area contributed by atoms with Crippen molar-refractivity contribution in [3.8, 4) is 11.5 Å². The molecule has 3 rings (SSSR count). The molecule has 1 amide bonds. The van der Waals surface area contributed by atoms with Crippen LogP contribution in [0.25, 0.3) is 5.65 Å². The predicted octanol–water partition coefficient (Wildman–Crippen LogP) is 2.09. The van der Waals surface area contributed by atoms with E-state index in [0.717, 1.165) is 6.26 Å². The third-order valence-corrected chi connectivity index (χ3v) is 3.70. The van der Waals surface area contributed by atoms with Crippen LogP contribution in [0, 0.1) is 11.6 Å². The summed E-state index contributed by atoms with van der Waals surface area (Å²) in [4.78, 5) is 15.7. The van der Waals surface area contributed by atoms with Crippen molar-refractivity contribution in [1.29, 1.82) is 0 Å². The Balaban J connectivity index is 1.95. The Kier molecular flexibility index (Phi) is 4.13. The summed E-state index contributed by atoms with van der Waals surface area (Å²) in [5, 5.41) is 0. The van der Waals surface area contributed by atoms with Gasteiger partial charge in [-0.05, 0) is 18.2 Å². The minimum Gasteiger partial charge on any atom is -0.450 e. The summed E-state index contributed by atoms with van der Waals surface area (Å²) in [6.45, 7) is 0. The number of amides is 1. The van der Waals surface area contributed by atoms with E-state index in [1.54, 1.807) is 27.6 Å². The van der Waals surface area contributed by atoms with Crippen molar-refractivity contribution in [2.45, 2.75) is 0 Å². The van der Waals surface area contributed by atoms with Crippen LogP contribution < -0.4 is 9.46 Å². The molecular formula is C15H11F2N3O4S. The molecule has 2 heterocycles. The zero-order valence-electron chi connectivity index (χ0n) is 12.7. The monoisotopic (exact) mass is 367 g/mol. The fourth-order valence-electron chi connectivity index (χ4n) is 2.12. The molecule has 0 radical (unpaired) electrons. The van der Waals surface area contributed by atoms with Crippen LogP contribution in [-0.4, -0.2) is 30.0 Å². The van der Waals surface area contributed by atoms with Crippen LogP contribution in [-0.2, 0) is 10.0 Å². The number of nitrogens with zero attached hydrogens (tertiary/aromatic N) is 2. The highest BCUT2D eigenvalue weighted by atomic mass is 32.2. The third kappa shape index (κ3) is 3.58. The van der Waals surface area contributed by atoms with E-state index in [-0.39, 0.29) is 5.75 Å². The first-order valence-electron chi connectivity index (χ1n) is 6.85. The number of sulfonamides is 1. The lowest BCUT2D eigenvalue weighted by atomic mass is 10.2. The van der Waals surface area contributed by atoms with Gasteiger partial charge in [-0.3, -0.25) is 4.79 Å². The van der Waals surface area contributed by atoms with Crippen molar-refractivity contribution >= 4 is 21.6 Å². The van der Waals surface area contributed by atoms with Gasteiger partial charge in [0.15, 0.2) is 23.0 Å². The molecule has 0 aliphatic rings. The normalized spacial score (nSPS) is 11.5. The number of aromatic nitrogens is 2. The molecular weight excluding hydrogens is 356 g/mol. The van der Waals surface area contributed by atoms with Crippen molar-refractivity contribution in [1.82, 2.24) is 14.1 Å². The van der Waals surface area contributed by atoms with Crippen LogP contribution in [0.4, 0.5) is 8.78 Å². The summed E-state index contributed by atoms with van der Waals surface area (Å²) >= 11 is 0. The van der Waals surface area contributed by atoms with Crippen LogP contribution in [0.1, 0.15) is 10.4 Å². The number of ether oxygens (including phenoxy) is 1. The van der Waals surface area contributed by atoms with E-state index in [9.17, 15) is 22.0 Å². The molecule has 0 aliphatic carbocycles. The van der Waals surface area contributed by atoms with E-state index in [1.165, 1.54) is 12.3 Å². The summed E-state index contributed by atoms with van der Waals surface area (Å²) in [5.74, 6) is -3.73. The van der Waals surface area contributed by atoms with Crippen molar-refractivity contribution in [3.05, 3.63) is 60.1 Å². The summed E-state index contributed by atoms with van der Waals surface area (Å²) in [6, 6.07) is 4.38. The number of nitrogens with one attached hydrogen (secondary N) is 1. The van der Waals surface area contributed by atoms with Gasteiger partial charge < -0.3 is 9.14 Å². The molecule has 0 unspecified atom stereocenters. The highest BCUT2D eigenvalue weighted by Gasteiger charge is 2.20. The Hall–Kier alpha value is -3.01. The number of carbonyl (C=O) groups is 1. The fraction of sp³-hybridized carbons (Fsp3) is 0.0667. The average Bonchev–Trinajstić information content (AvgIpc) is 2.98. The van der Waals surface area contributed by atoms with Gasteiger partial charge in [0.25, 0.3) is 5.91 Å². The Morgan fingerprint density at radius 1 is 1.20 bits per heavy atom. The lowest BCUT2D eigenvalue weighted by molar-refractivity contribution is 0.0977. The third-order valence-electron chi connectivity index (χ3n) is 3.15. The Labute approximate surface area is 140 Å². The second-order valence-electron chi connectivity index (χ2n) is 5.10. The van der Waals surface area contributed by atoms with E-state index in [4.69, 9.17) is 4.74 Å². The quantitative estimate of drug-likeness (QED) is 0.763. The molecule has 0 saturated heterocycles. The summed E-state index contributed by atoms with van der Waals surface area (Å²) in [6.07, 6.45) is 5.59. The van der Waals surface area contributed by atoms with Crippen LogP contribution in [0.15, 0.2) is 42.9 Å². The number of fused-ring (bicyclic) bond motifs is 1. The topological polar surface area (TPSA) is 89.8 Å². The molecule has 0 spiro atoms. The molecule has 3 aromatic rings. The zero-order chi connectivity index (χ0) is 18.2. The van der Waals surface area contributed by atoms with Gasteiger partial charge in [-0.15, -0.1) is 0 Å². The van der Waals surface area contributed by atoms with E-state index < -0.39 is 38.9 Å². The molecule has 130 valence electrons. The largest absolute Gasteiger partial charge is 0.450 e. The first-order chi connectivity index (χ1) is 11.7. The first kappa shape index (κ1) is 16.8. The molecule has 0 atom stereocenters. The molecule has 1 aromatic carbocycles. The van der Waals surface area contributed by atoms with Gasteiger partial charge >= 0.3 is 0 Å². The number of pyridine rings is 1. The van der Waals surface area contributed by atoms with Gasteiger partial charge in [0.05, 0.1) is 11.8 Å². The lowest BCUT2D eigenvalue weighted by Crippen LogP contribution is -2.30. The van der Waals surface area contributed by atoms with Gasteiger partial charge in [-0.2, -0.15) is 0 Å². The summed E-state index contributed by atoms with van der Waals surface area (Å²) in [5.41, 5.74) is -0.365. The molecule has 7 nitrogen and oxygen atoms in total. The van der Waals surface area contributed by atoms with E-state index in [1.807, 2.05) is 0 Å². The first-order valence-corrected chi connectivity index (χ1v) is 8.74.